The van der Waals surface area contributed by atoms with E-state index in [1.54, 1.807) is 61.5 Å². The van der Waals surface area contributed by atoms with Crippen LogP contribution in [0, 0.1) is 38.0 Å². The number of ketones is 1. The van der Waals surface area contributed by atoms with Gasteiger partial charge in [-0.3, -0.25) is 9.69 Å². The van der Waals surface area contributed by atoms with E-state index in [9.17, 15) is 24.8 Å². The highest BCUT2D eigenvalue weighted by molar-refractivity contribution is 7.10. The molecule has 1 aliphatic rings. The predicted octanol–water partition coefficient (Wildman–Crippen LogP) is 6.85. The van der Waals surface area contributed by atoms with Gasteiger partial charge in [0.05, 0.1) is 23.6 Å². The van der Waals surface area contributed by atoms with E-state index < -0.39 is 41.2 Å². The summed E-state index contributed by atoms with van der Waals surface area (Å²) >= 11 is 1.36. The van der Waals surface area contributed by atoms with Crippen LogP contribution in [0.15, 0.2) is 76.5 Å². The summed E-state index contributed by atoms with van der Waals surface area (Å²) in [7, 11) is 0. The molecule has 41 heavy (non-hydrogen) atoms. The van der Waals surface area contributed by atoms with E-state index >= 15 is 0 Å². The van der Waals surface area contributed by atoms with Gasteiger partial charge in [0.2, 0.25) is 5.78 Å². The highest BCUT2D eigenvalue weighted by atomic mass is 32.1. The van der Waals surface area contributed by atoms with Crippen molar-refractivity contribution in [1.82, 2.24) is 4.90 Å². The first-order valence-electron chi connectivity index (χ1n) is 13.1. The average Bonchev–Trinajstić information content (AvgIpc) is 3.64. The maximum atomic E-state index is 14.4. The maximum absolute atomic E-state index is 14.4. The summed E-state index contributed by atoms with van der Waals surface area (Å²) in [6, 6.07) is 19.4. The van der Waals surface area contributed by atoms with Crippen molar-refractivity contribution in [2.24, 2.45) is 5.92 Å². The predicted molar refractivity (Wildman–Crippen MR) is 155 cm³/mol. The van der Waals surface area contributed by atoms with Crippen molar-refractivity contribution in [3.05, 3.63) is 111 Å². The molecule has 2 N–H and O–H groups in total. The lowest BCUT2D eigenvalue weighted by Crippen LogP contribution is -2.55. The molecule has 1 saturated heterocycles. The summed E-state index contributed by atoms with van der Waals surface area (Å²) < 4.78 is 5.75. The number of Topliss-reactive ketones (excluding diaryl/α,β-unsaturated/α-hetero) is 1. The number of carboxylic acid groups (broad SMARTS) is 1. The first-order valence-corrected chi connectivity index (χ1v) is 14.0. The Labute approximate surface area is 241 Å². The Hall–Kier alpha value is -4.68. The third kappa shape index (κ3) is 4.81. The number of anilines is 1. The van der Waals surface area contributed by atoms with E-state index in [2.05, 4.69) is 11.4 Å². The van der Waals surface area contributed by atoms with Crippen LogP contribution in [-0.4, -0.2) is 33.3 Å². The molecule has 4 unspecified atom stereocenters. The standard InChI is InChI=1S/C32H29N3O5S/c1-18-6-5-7-23(16-18)34-31(39)35-27(22-11-9-21(17-33)10-12-22)25(28(36)24-13-8-20(3)40-24)26(32(35,4)30(37)38)29-19(2)14-15-41-29/h5-16,25-27H,1-4H3,(H,34,39)(H,37,38). The van der Waals surface area contributed by atoms with E-state index in [1.165, 1.54) is 23.2 Å². The van der Waals surface area contributed by atoms with Gasteiger partial charge in [-0.2, -0.15) is 5.26 Å². The molecule has 208 valence electrons. The fraction of sp³-hybridized carbons (Fsp3) is 0.250. The van der Waals surface area contributed by atoms with Gasteiger partial charge in [0, 0.05) is 16.5 Å². The fourth-order valence-electron chi connectivity index (χ4n) is 5.87. The summed E-state index contributed by atoms with van der Waals surface area (Å²) in [5.41, 5.74) is 1.36. The Morgan fingerprint density at radius 2 is 1.78 bits per heavy atom. The van der Waals surface area contributed by atoms with Gasteiger partial charge in [-0.25, -0.2) is 9.59 Å². The summed E-state index contributed by atoms with van der Waals surface area (Å²) in [6.07, 6.45) is 0. The Morgan fingerprint density at radius 3 is 2.34 bits per heavy atom. The largest absolute Gasteiger partial charge is 0.479 e. The van der Waals surface area contributed by atoms with Gasteiger partial charge >= 0.3 is 12.0 Å². The molecule has 2 amide bonds. The van der Waals surface area contributed by atoms with Crippen molar-refractivity contribution >= 4 is 34.8 Å². The summed E-state index contributed by atoms with van der Waals surface area (Å²) in [5, 5.41) is 25.0. The van der Waals surface area contributed by atoms with E-state index in [-0.39, 0.29) is 5.76 Å². The first-order chi connectivity index (χ1) is 19.6. The molecule has 8 nitrogen and oxygen atoms in total. The number of hydrogen-bond donors (Lipinski definition) is 2. The van der Waals surface area contributed by atoms with Gasteiger partial charge in [0.1, 0.15) is 11.3 Å². The van der Waals surface area contributed by atoms with E-state index in [4.69, 9.17) is 4.42 Å². The smallest absolute Gasteiger partial charge is 0.330 e. The first kappa shape index (κ1) is 27.9. The normalized spacial score (nSPS) is 21.8. The second-order valence-electron chi connectivity index (χ2n) is 10.5. The number of aryl methyl sites for hydroxylation is 3. The Kier molecular flexibility index (Phi) is 7.28. The van der Waals surface area contributed by atoms with E-state index in [0.29, 0.717) is 27.5 Å². The van der Waals surface area contributed by atoms with Crippen molar-refractivity contribution in [2.75, 3.05) is 5.32 Å². The molecule has 2 aromatic heterocycles. The van der Waals surface area contributed by atoms with Gasteiger partial charge in [0.25, 0.3) is 0 Å². The number of carboxylic acids is 1. The molecule has 0 saturated carbocycles. The number of hydrogen-bond acceptors (Lipinski definition) is 6. The molecule has 4 aromatic rings. The lowest BCUT2D eigenvalue weighted by Gasteiger charge is -2.37. The van der Waals surface area contributed by atoms with Crippen LogP contribution in [0.25, 0.3) is 0 Å². The Morgan fingerprint density at radius 1 is 1.05 bits per heavy atom. The number of carbonyl (C=O) groups is 3. The highest BCUT2D eigenvalue weighted by Gasteiger charge is 2.66. The Balaban J connectivity index is 1.77. The molecule has 9 heteroatoms. The van der Waals surface area contributed by atoms with Crippen LogP contribution in [0.1, 0.15) is 62.3 Å². The molecule has 1 fully saturated rings. The minimum Gasteiger partial charge on any atom is -0.479 e. The molecular formula is C32H29N3O5S. The van der Waals surface area contributed by atoms with Crippen LogP contribution in [0.3, 0.4) is 0 Å². The van der Waals surface area contributed by atoms with Crippen LogP contribution in [-0.2, 0) is 4.79 Å². The van der Waals surface area contributed by atoms with Gasteiger partial charge in [-0.1, -0.05) is 24.3 Å². The third-order valence-corrected chi connectivity index (χ3v) is 8.96. The number of likely N-dealkylation sites (tertiary alicyclic amines) is 1. The van der Waals surface area contributed by atoms with Gasteiger partial charge < -0.3 is 14.8 Å². The molecule has 2 aromatic carbocycles. The van der Waals surface area contributed by atoms with Crippen LogP contribution in [0.4, 0.5) is 10.5 Å². The minimum absolute atomic E-state index is 0.0963. The molecule has 3 heterocycles. The van der Waals surface area contributed by atoms with Crippen LogP contribution >= 0.6 is 11.3 Å². The third-order valence-electron chi connectivity index (χ3n) is 7.86. The number of nitrogens with one attached hydrogen (secondary N) is 1. The van der Waals surface area contributed by atoms with Gasteiger partial charge in [0.15, 0.2) is 5.76 Å². The Bertz CT molecular complexity index is 1680. The van der Waals surface area contributed by atoms with Crippen LogP contribution in [0.5, 0.6) is 0 Å². The number of amides is 2. The average molecular weight is 568 g/mol. The fourth-order valence-corrected chi connectivity index (χ4v) is 7.07. The van der Waals surface area contributed by atoms with Crippen molar-refractivity contribution in [1.29, 1.82) is 5.26 Å². The van der Waals surface area contributed by atoms with Crippen molar-refractivity contribution in [3.63, 3.8) is 0 Å². The maximum Gasteiger partial charge on any atom is 0.330 e. The van der Waals surface area contributed by atoms with E-state index in [0.717, 1.165) is 11.1 Å². The van der Waals surface area contributed by atoms with Crippen molar-refractivity contribution in [3.8, 4) is 6.07 Å². The number of furan rings is 1. The topological polar surface area (TPSA) is 124 Å². The second kappa shape index (κ2) is 10.7. The molecular weight excluding hydrogens is 538 g/mol. The molecule has 0 radical (unpaired) electrons. The van der Waals surface area contributed by atoms with Gasteiger partial charge in [-0.05, 0) is 92.2 Å². The summed E-state index contributed by atoms with van der Waals surface area (Å²) in [4.78, 5) is 44.0. The molecule has 4 atom stereocenters. The zero-order chi connectivity index (χ0) is 29.5. The summed E-state index contributed by atoms with van der Waals surface area (Å²) in [5.74, 6) is -2.90. The van der Waals surface area contributed by atoms with E-state index in [1.807, 2.05) is 31.4 Å². The number of nitriles is 1. The molecule has 0 bridgehead atoms. The number of carbonyl (C=O) groups excluding carboxylic acids is 2. The quantitative estimate of drug-likeness (QED) is 0.246. The van der Waals surface area contributed by atoms with Gasteiger partial charge in [-0.15, -0.1) is 11.3 Å². The number of aliphatic carboxylic acids is 1. The SMILES string of the molecule is Cc1cccc(NC(=O)N2C(c3ccc(C#N)cc3)C(C(=O)c3ccc(C)o3)C(c3sccc3C)C2(C)C(=O)O)c1. The molecule has 5 rings (SSSR count). The second-order valence-corrected chi connectivity index (χ2v) is 11.5. The molecule has 0 spiro atoms. The monoisotopic (exact) mass is 567 g/mol. The van der Waals surface area contributed by atoms with Crippen molar-refractivity contribution in [2.45, 2.75) is 45.2 Å². The number of urea groups is 1. The molecule has 0 aliphatic carbocycles. The lowest BCUT2D eigenvalue weighted by molar-refractivity contribution is -0.148. The lowest BCUT2D eigenvalue weighted by atomic mass is 9.74. The number of nitrogens with zero attached hydrogens (tertiary/aromatic N) is 2. The molecule has 1 aliphatic heterocycles. The minimum atomic E-state index is -1.83. The number of rotatable bonds is 6. The zero-order valence-corrected chi connectivity index (χ0v) is 23.9. The van der Waals surface area contributed by atoms with Crippen LogP contribution < -0.4 is 5.32 Å². The number of benzene rings is 2. The van der Waals surface area contributed by atoms with Crippen molar-refractivity contribution < 1.29 is 23.9 Å². The van der Waals surface area contributed by atoms with Crippen LogP contribution in [0.2, 0.25) is 0 Å². The summed E-state index contributed by atoms with van der Waals surface area (Å²) in [6.45, 7) is 7.00. The highest BCUT2D eigenvalue weighted by Crippen LogP contribution is 2.58. The zero-order valence-electron chi connectivity index (χ0n) is 23.0. The number of thiophene rings is 1.